The van der Waals surface area contributed by atoms with Gasteiger partial charge in [0.2, 0.25) is 0 Å². The van der Waals surface area contributed by atoms with Crippen LogP contribution in [0.5, 0.6) is 5.75 Å². The normalized spacial score (nSPS) is 13.1. The Balaban J connectivity index is 2.83. The van der Waals surface area contributed by atoms with Crippen LogP contribution in [0.3, 0.4) is 0 Å². The van der Waals surface area contributed by atoms with Crippen LogP contribution in [0.25, 0.3) is 0 Å². The molecule has 0 fully saturated rings. The van der Waals surface area contributed by atoms with Gasteiger partial charge in [0.1, 0.15) is 17.0 Å². The number of ether oxygens (including phenoxy) is 3. The van der Waals surface area contributed by atoms with E-state index in [9.17, 15) is 9.59 Å². The van der Waals surface area contributed by atoms with Crippen LogP contribution in [0, 0.1) is 0 Å². The van der Waals surface area contributed by atoms with Crippen LogP contribution in [0.4, 0.5) is 4.79 Å². The summed E-state index contributed by atoms with van der Waals surface area (Å²) < 4.78 is 15.8. The number of rotatable bonds is 5. The van der Waals surface area contributed by atoms with E-state index in [0.29, 0.717) is 12.2 Å². The molecular weight excluding hydrogens is 320 g/mol. The van der Waals surface area contributed by atoms with Gasteiger partial charge in [-0.1, -0.05) is 25.5 Å². The summed E-state index contributed by atoms with van der Waals surface area (Å²) in [5.41, 5.74) is -0.296. The van der Waals surface area contributed by atoms with Gasteiger partial charge in [-0.3, -0.25) is 4.79 Å². The van der Waals surface area contributed by atoms with E-state index in [2.05, 4.69) is 0 Å². The van der Waals surface area contributed by atoms with E-state index in [1.54, 1.807) is 45.0 Å². The SMILES string of the molecule is CCCC(C(=O)OC(C)(C)C)c1ccc(OC(=O)OC(C)(C)C)cc1. The predicted molar refractivity (Wildman–Crippen MR) is 96.8 cm³/mol. The first-order chi connectivity index (χ1) is 11.4. The maximum absolute atomic E-state index is 12.4. The third kappa shape index (κ3) is 8.05. The summed E-state index contributed by atoms with van der Waals surface area (Å²) >= 11 is 0. The minimum Gasteiger partial charge on any atom is -0.459 e. The maximum Gasteiger partial charge on any atom is 0.514 e. The minimum absolute atomic E-state index is 0.241. The second-order valence-electron chi connectivity index (χ2n) is 8.01. The summed E-state index contributed by atoms with van der Waals surface area (Å²) in [6.45, 7) is 12.9. The Morgan fingerprint density at radius 1 is 0.920 bits per heavy atom. The summed E-state index contributed by atoms with van der Waals surface area (Å²) in [5.74, 6) is -0.201. The van der Waals surface area contributed by atoms with Gasteiger partial charge in [0.15, 0.2) is 0 Å². The minimum atomic E-state index is -0.752. The summed E-state index contributed by atoms with van der Waals surface area (Å²) in [4.78, 5) is 24.1. The zero-order chi connectivity index (χ0) is 19.3. The first-order valence-corrected chi connectivity index (χ1v) is 8.65. The highest BCUT2D eigenvalue weighted by atomic mass is 16.7. The highest BCUT2D eigenvalue weighted by Gasteiger charge is 2.26. The smallest absolute Gasteiger partial charge is 0.459 e. The number of carbonyl (C=O) groups excluding carboxylic acids is 2. The average molecular weight is 350 g/mol. The van der Waals surface area contributed by atoms with Crippen molar-refractivity contribution >= 4 is 12.1 Å². The van der Waals surface area contributed by atoms with E-state index in [0.717, 1.165) is 12.0 Å². The topological polar surface area (TPSA) is 61.8 Å². The Kier molecular flexibility index (Phi) is 7.03. The van der Waals surface area contributed by atoms with Crippen LogP contribution in [0.15, 0.2) is 24.3 Å². The van der Waals surface area contributed by atoms with Gasteiger partial charge >= 0.3 is 12.1 Å². The molecule has 1 aromatic rings. The van der Waals surface area contributed by atoms with Crippen molar-refractivity contribution in [3.63, 3.8) is 0 Å². The molecule has 0 aromatic heterocycles. The number of carbonyl (C=O) groups is 2. The molecule has 1 rings (SSSR count). The lowest BCUT2D eigenvalue weighted by molar-refractivity contribution is -0.157. The van der Waals surface area contributed by atoms with Gasteiger partial charge in [-0.05, 0) is 65.7 Å². The van der Waals surface area contributed by atoms with E-state index < -0.39 is 17.4 Å². The first kappa shape index (κ1) is 21.0. The Hall–Kier alpha value is -2.04. The van der Waals surface area contributed by atoms with Gasteiger partial charge in [-0.2, -0.15) is 0 Å². The van der Waals surface area contributed by atoms with Crippen molar-refractivity contribution in [2.24, 2.45) is 0 Å². The lowest BCUT2D eigenvalue weighted by Crippen LogP contribution is -2.28. The van der Waals surface area contributed by atoms with Gasteiger partial charge in [0, 0.05) is 0 Å². The number of esters is 1. The Morgan fingerprint density at radius 2 is 1.44 bits per heavy atom. The molecule has 0 bridgehead atoms. The van der Waals surface area contributed by atoms with Crippen LogP contribution in [-0.2, 0) is 14.3 Å². The molecule has 25 heavy (non-hydrogen) atoms. The fraction of sp³-hybridized carbons (Fsp3) is 0.600. The second kappa shape index (κ2) is 8.37. The van der Waals surface area contributed by atoms with Crippen molar-refractivity contribution in [2.75, 3.05) is 0 Å². The summed E-state index contributed by atoms with van der Waals surface area (Å²) in [7, 11) is 0. The lowest BCUT2D eigenvalue weighted by atomic mass is 9.94. The van der Waals surface area contributed by atoms with Crippen LogP contribution in [-0.4, -0.2) is 23.3 Å². The predicted octanol–water partition coefficient (Wildman–Crippen LogP) is 5.23. The fourth-order valence-corrected chi connectivity index (χ4v) is 2.22. The van der Waals surface area contributed by atoms with Gasteiger partial charge in [-0.15, -0.1) is 0 Å². The molecule has 0 aliphatic rings. The highest BCUT2D eigenvalue weighted by Crippen LogP contribution is 2.27. The van der Waals surface area contributed by atoms with E-state index >= 15 is 0 Å². The highest BCUT2D eigenvalue weighted by molar-refractivity contribution is 5.78. The molecule has 1 aromatic carbocycles. The molecule has 0 aliphatic carbocycles. The van der Waals surface area contributed by atoms with Gasteiger partial charge in [0.05, 0.1) is 5.92 Å². The molecule has 0 radical (unpaired) electrons. The monoisotopic (exact) mass is 350 g/mol. The van der Waals surface area contributed by atoms with Gasteiger partial charge in [0.25, 0.3) is 0 Å². The molecule has 0 saturated heterocycles. The largest absolute Gasteiger partial charge is 0.514 e. The molecule has 5 heteroatoms. The fourth-order valence-electron chi connectivity index (χ4n) is 2.22. The quantitative estimate of drug-likeness (QED) is 0.538. The number of hydrogen-bond donors (Lipinski definition) is 0. The average Bonchev–Trinajstić information content (AvgIpc) is 2.41. The third-order valence-electron chi connectivity index (χ3n) is 3.14. The zero-order valence-electron chi connectivity index (χ0n) is 16.3. The Morgan fingerprint density at radius 3 is 1.88 bits per heavy atom. The van der Waals surface area contributed by atoms with Crippen molar-refractivity contribution in [1.29, 1.82) is 0 Å². The zero-order valence-corrected chi connectivity index (χ0v) is 16.3. The summed E-state index contributed by atoms with van der Waals surface area (Å²) in [6.07, 6.45) is 0.804. The molecule has 0 aliphatic heterocycles. The van der Waals surface area contributed by atoms with Crippen molar-refractivity contribution in [3.8, 4) is 5.75 Å². The van der Waals surface area contributed by atoms with Crippen molar-refractivity contribution in [2.45, 2.75) is 78.4 Å². The van der Waals surface area contributed by atoms with Crippen molar-refractivity contribution in [1.82, 2.24) is 0 Å². The third-order valence-corrected chi connectivity index (χ3v) is 3.14. The molecule has 0 amide bonds. The van der Waals surface area contributed by atoms with E-state index in [4.69, 9.17) is 14.2 Å². The van der Waals surface area contributed by atoms with Crippen molar-refractivity contribution < 1.29 is 23.8 Å². The number of benzene rings is 1. The molecule has 5 nitrogen and oxygen atoms in total. The lowest BCUT2D eigenvalue weighted by Gasteiger charge is -2.24. The van der Waals surface area contributed by atoms with Crippen molar-refractivity contribution in [3.05, 3.63) is 29.8 Å². The van der Waals surface area contributed by atoms with E-state index in [1.165, 1.54) is 0 Å². The Labute approximate surface area is 150 Å². The molecule has 0 N–H and O–H groups in total. The molecule has 1 unspecified atom stereocenters. The Bertz CT molecular complexity index is 576. The molecule has 1 atom stereocenters. The standard InChI is InChI=1S/C20H30O5/c1-8-9-16(17(21)24-19(2,3)4)14-10-12-15(13-11-14)23-18(22)25-20(5,6)7/h10-13,16H,8-9H2,1-7H3. The molecule has 0 heterocycles. The molecule has 140 valence electrons. The van der Waals surface area contributed by atoms with Gasteiger partial charge < -0.3 is 14.2 Å². The summed E-state index contributed by atoms with van der Waals surface area (Å²) in [5, 5.41) is 0. The molecular formula is C20H30O5. The van der Waals surface area contributed by atoms with Crippen LogP contribution < -0.4 is 4.74 Å². The van der Waals surface area contributed by atoms with E-state index in [-0.39, 0.29) is 11.9 Å². The van der Waals surface area contributed by atoms with Crippen LogP contribution in [0.1, 0.15) is 72.8 Å². The number of hydrogen-bond acceptors (Lipinski definition) is 5. The van der Waals surface area contributed by atoms with Gasteiger partial charge in [-0.25, -0.2) is 4.79 Å². The summed E-state index contributed by atoms with van der Waals surface area (Å²) in [6, 6.07) is 6.88. The van der Waals surface area contributed by atoms with Crippen LogP contribution in [0.2, 0.25) is 0 Å². The first-order valence-electron chi connectivity index (χ1n) is 8.65. The maximum atomic E-state index is 12.4. The van der Waals surface area contributed by atoms with Crippen LogP contribution >= 0.6 is 0 Å². The second-order valence-corrected chi connectivity index (χ2v) is 8.01. The molecule has 0 saturated carbocycles. The van der Waals surface area contributed by atoms with E-state index in [1.807, 2.05) is 27.7 Å². The molecule has 0 spiro atoms.